The molecule has 1 unspecified atom stereocenters. The van der Waals surface area contributed by atoms with Crippen LogP contribution in [0.1, 0.15) is 16.0 Å². The van der Waals surface area contributed by atoms with Crippen LogP contribution >= 0.6 is 15.9 Å². The summed E-state index contributed by atoms with van der Waals surface area (Å²) in [6.45, 7) is 0. The second kappa shape index (κ2) is 6.39. The summed E-state index contributed by atoms with van der Waals surface area (Å²) in [7, 11) is 3.00. The monoisotopic (exact) mass is 360 g/mol. The van der Waals surface area contributed by atoms with E-state index in [1.54, 1.807) is 18.2 Å². The standard InChI is InChI=1S/C15H12BrF3O2/c1-20-12-4-3-8(7-13(12)21-2)14(16)9-5-10(17)15(19)11(18)6-9/h3-7,14H,1-2H3. The van der Waals surface area contributed by atoms with Crippen molar-refractivity contribution in [2.24, 2.45) is 0 Å². The lowest BCUT2D eigenvalue weighted by Crippen LogP contribution is -1.99. The van der Waals surface area contributed by atoms with Crippen LogP contribution in [0.3, 0.4) is 0 Å². The molecule has 2 nitrogen and oxygen atoms in total. The molecular formula is C15H12BrF3O2. The van der Waals surface area contributed by atoms with E-state index in [0.717, 1.165) is 12.1 Å². The first-order valence-corrected chi connectivity index (χ1v) is 6.90. The Morgan fingerprint density at radius 2 is 1.43 bits per heavy atom. The van der Waals surface area contributed by atoms with Crippen LogP contribution in [0.25, 0.3) is 0 Å². The van der Waals surface area contributed by atoms with E-state index in [4.69, 9.17) is 9.47 Å². The normalized spacial score (nSPS) is 12.1. The fraction of sp³-hybridized carbons (Fsp3) is 0.200. The molecule has 0 heterocycles. The Bertz CT molecular complexity index is 638. The molecule has 0 aliphatic heterocycles. The third-order valence-electron chi connectivity index (χ3n) is 3.00. The number of rotatable bonds is 4. The number of alkyl halides is 1. The Morgan fingerprint density at radius 1 is 0.857 bits per heavy atom. The number of halogens is 4. The minimum absolute atomic E-state index is 0.263. The number of hydrogen-bond donors (Lipinski definition) is 0. The zero-order valence-electron chi connectivity index (χ0n) is 11.3. The van der Waals surface area contributed by atoms with Gasteiger partial charge < -0.3 is 9.47 Å². The first-order valence-electron chi connectivity index (χ1n) is 5.98. The summed E-state index contributed by atoms with van der Waals surface area (Å²) in [5.74, 6) is -2.91. The summed E-state index contributed by atoms with van der Waals surface area (Å²) in [5, 5.41) is 0. The van der Waals surface area contributed by atoms with Crippen LogP contribution in [0.15, 0.2) is 30.3 Å². The average Bonchev–Trinajstić information content (AvgIpc) is 2.50. The van der Waals surface area contributed by atoms with Crippen LogP contribution in [0.4, 0.5) is 13.2 Å². The lowest BCUT2D eigenvalue weighted by molar-refractivity contribution is 0.354. The molecule has 0 aliphatic carbocycles. The van der Waals surface area contributed by atoms with Crippen LogP contribution < -0.4 is 9.47 Å². The van der Waals surface area contributed by atoms with Crippen molar-refractivity contribution in [1.29, 1.82) is 0 Å². The van der Waals surface area contributed by atoms with Gasteiger partial charge in [-0.2, -0.15) is 0 Å². The van der Waals surface area contributed by atoms with Gasteiger partial charge in [0.05, 0.1) is 19.0 Å². The predicted molar refractivity (Wildman–Crippen MR) is 76.6 cm³/mol. The quantitative estimate of drug-likeness (QED) is 0.585. The molecule has 2 aromatic carbocycles. The highest BCUT2D eigenvalue weighted by Gasteiger charge is 2.18. The van der Waals surface area contributed by atoms with Gasteiger partial charge in [0, 0.05) is 0 Å². The molecule has 112 valence electrons. The van der Waals surface area contributed by atoms with Crippen LogP contribution in [0, 0.1) is 17.5 Å². The lowest BCUT2D eigenvalue weighted by atomic mass is 10.0. The molecule has 0 N–H and O–H groups in total. The van der Waals surface area contributed by atoms with Gasteiger partial charge in [0.15, 0.2) is 29.0 Å². The lowest BCUT2D eigenvalue weighted by Gasteiger charge is -2.14. The minimum Gasteiger partial charge on any atom is -0.493 e. The summed E-state index contributed by atoms with van der Waals surface area (Å²) in [4.78, 5) is -0.512. The van der Waals surface area contributed by atoms with Crippen molar-refractivity contribution in [3.63, 3.8) is 0 Å². The zero-order valence-corrected chi connectivity index (χ0v) is 12.9. The zero-order chi connectivity index (χ0) is 15.6. The molecule has 0 amide bonds. The van der Waals surface area contributed by atoms with E-state index in [9.17, 15) is 13.2 Å². The van der Waals surface area contributed by atoms with E-state index in [0.29, 0.717) is 17.1 Å². The van der Waals surface area contributed by atoms with E-state index in [-0.39, 0.29) is 5.56 Å². The number of benzene rings is 2. The van der Waals surface area contributed by atoms with E-state index < -0.39 is 22.3 Å². The number of methoxy groups -OCH3 is 2. The van der Waals surface area contributed by atoms with Crippen LogP contribution in [-0.2, 0) is 0 Å². The molecule has 0 aliphatic rings. The number of ether oxygens (including phenoxy) is 2. The molecule has 0 saturated carbocycles. The molecule has 0 saturated heterocycles. The summed E-state index contributed by atoms with van der Waals surface area (Å²) >= 11 is 3.34. The highest BCUT2D eigenvalue weighted by Crippen LogP contribution is 2.37. The molecular weight excluding hydrogens is 349 g/mol. The van der Waals surface area contributed by atoms with Gasteiger partial charge >= 0.3 is 0 Å². The van der Waals surface area contributed by atoms with Gasteiger partial charge in [0.25, 0.3) is 0 Å². The predicted octanol–water partition coefficient (Wildman–Crippen LogP) is 4.61. The molecule has 0 radical (unpaired) electrons. The molecule has 0 aromatic heterocycles. The fourth-order valence-electron chi connectivity index (χ4n) is 1.92. The maximum atomic E-state index is 13.3. The van der Waals surface area contributed by atoms with E-state index in [1.165, 1.54) is 14.2 Å². The van der Waals surface area contributed by atoms with Crippen molar-refractivity contribution in [2.75, 3.05) is 14.2 Å². The Kier molecular flexibility index (Phi) is 4.77. The molecule has 6 heteroatoms. The van der Waals surface area contributed by atoms with Gasteiger partial charge in [-0.1, -0.05) is 22.0 Å². The van der Waals surface area contributed by atoms with Gasteiger partial charge in [-0.15, -0.1) is 0 Å². The van der Waals surface area contributed by atoms with Gasteiger partial charge in [0.1, 0.15) is 0 Å². The van der Waals surface area contributed by atoms with E-state index in [1.807, 2.05) is 0 Å². The Labute approximate surface area is 128 Å². The largest absolute Gasteiger partial charge is 0.493 e. The summed E-state index contributed by atoms with van der Waals surface area (Å²) in [6, 6.07) is 6.99. The Morgan fingerprint density at radius 3 is 1.95 bits per heavy atom. The van der Waals surface area contributed by atoms with Crippen molar-refractivity contribution in [2.45, 2.75) is 4.83 Å². The first kappa shape index (κ1) is 15.7. The highest BCUT2D eigenvalue weighted by molar-refractivity contribution is 9.09. The van der Waals surface area contributed by atoms with E-state index in [2.05, 4.69) is 15.9 Å². The average molecular weight is 361 g/mol. The molecule has 0 spiro atoms. The Balaban J connectivity index is 2.42. The minimum atomic E-state index is -1.48. The summed E-state index contributed by atoms with van der Waals surface area (Å²) < 4.78 is 49.9. The molecule has 1 atom stereocenters. The van der Waals surface area contributed by atoms with Crippen molar-refractivity contribution >= 4 is 15.9 Å². The molecule has 0 fully saturated rings. The van der Waals surface area contributed by atoms with Crippen LogP contribution in [0.2, 0.25) is 0 Å². The van der Waals surface area contributed by atoms with Crippen LogP contribution in [0.5, 0.6) is 11.5 Å². The van der Waals surface area contributed by atoms with Crippen molar-refractivity contribution in [3.8, 4) is 11.5 Å². The maximum Gasteiger partial charge on any atom is 0.194 e. The van der Waals surface area contributed by atoms with Crippen LogP contribution in [-0.4, -0.2) is 14.2 Å². The second-order valence-electron chi connectivity index (χ2n) is 4.28. The Hall–Kier alpha value is -1.69. The maximum absolute atomic E-state index is 13.3. The molecule has 2 aromatic rings. The van der Waals surface area contributed by atoms with Gasteiger partial charge in [-0.25, -0.2) is 13.2 Å². The summed E-state index contributed by atoms with van der Waals surface area (Å²) in [5.41, 5.74) is 0.955. The molecule has 2 rings (SSSR count). The third kappa shape index (κ3) is 3.15. The van der Waals surface area contributed by atoms with Crippen molar-refractivity contribution in [1.82, 2.24) is 0 Å². The number of hydrogen-bond acceptors (Lipinski definition) is 2. The first-order chi connectivity index (χ1) is 9.97. The van der Waals surface area contributed by atoms with Gasteiger partial charge in [0.2, 0.25) is 0 Å². The van der Waals surface area contributed by atoms with E-state index >= 15 is 0 Å². The molecule has 0 bridgehead atoms. The third-order valence-corrected chi connectivity index (χ3v) is 4.06. The van der Waals surface area contributed by atoms with Gasteiger partial charge in [-0.3, -0.25) is 0 Å². The fourth-order valence-corrected chi connectivity index (χ4v) is 2.47. The SMILES string of the molecule is COc1ccc(C(Br)c2cc(F)c(F)c(F)c2)cc1OC. The topological polar surface area (TPSA) is 18.5 Å². The second-order valence-corrected chi connectivity index (χ2v) is 5.19. The smallest absolute Gasteiger partial charge is 0.194 e. The van der Waals surface area contributed by atoms with Crippen molar-refractivity contribution < 1.29 is 22.6 Å². The van der Waals surface area contributed by atoms with Gasteiger partial charge in [-0.05, 0) is 35.4 Å². The summed E-state index contributed by atoms with van der Waals surface area (Å²) in [6.07, 6.45) is 0. The molecule has 21 heavy (non-hydrogen) atoms. The van der Waals surface area contributed by atoms with Crippen molar-refractivity contribution in [3.05, 3.63) is 58.9 Å². The highest BCUT2D eigenvalue weighted by atomic mass is 79.9.